The van der Waals surface area contributed by atoms with Crippen molar-refractivity contribution in [2.45, 2.75) is 13.3 Å². The number of benzene rings is 2. The molecule has 0 atom stereocenters. The van der Waals surface area contributed by atoms with Crippen LogP contribution in [0.2, 0.25) is 0 Å². The Labute approximate surface area is 243 Å². The summed E-state index contributed by atoms with van der Waals surface area (Å²) in [5.41, 5.74) is 7.12. The van der Waals surface area contributed by atoms with Gasteiger partial charge in [0.15, 0.2) is 11.6 Å². The molecule has 0 unspecified atom stereocenters. The van der Waals surface area contributed by atoms with Gasteiger partial charge in [-0.15, -0.1) is 11.3 Å². The molecule has 3 N–H and O–H groups in total. The number of aromatic amines is 2. The Bertz CT molecular complexity index is 2110. The Morgan fingerprint density at radius 2 is 1.79 bits per heavy atom. The van der Waals surface area contributed by atoms with Gasteiger partial charge in [-0.1, -0.05) is 36.4 Å². The Hall–Kier alpha value is -5.48. The van der Waals surface area contributed by atoms with Gasteiger partial charge in [0, 0.05) is 23.3 Å². The number of H-pyrrole nitrogens is 2. The van der Waals surface area contributed by atoms with Crippen molar-refractivity contribution in [1.29, 1.82) is 0 Å². The zero-order valence-corrected chi connectivity index (χ0v) is 23.2. The molecule has 42 heavy (non-hydrogen) atoms. The third kappa shape index (κ3) is 4.84. The van der Waals surface area contributed by atoms with Crippen LogP contribution in [0.5, 0.6) is 0 Å². The van der Waals surface area contributed by atoms with Crippen LogP contribution in [-0.2, 0) is 11.2 Å². The maximum Gasteiger partial charge on any atom is 0.228 e. The van der Waals surface area contributed by atoms with Crippen LogP contribution in [0.1, 0.15) is 22.2 Å². The van der Waals surface area contributed by atoms with Gasteiger partial charge in [0.25, 0.3) is 0 Å². The van der Waals surface area contributed by atoms with Crippen LogP contribution < -0.4 is 5.32 Å². The maximum absolute atomic E-state index is 12.6. The average Bonchev–Trinajstić information content (AvgIpc) is 3.75. The standard InChI is InChI=1S/C32H23N7O2S/c1-18(40)26-9-10-27(42-26)31-30-25(11-12-34-31)36-32(37-30)29-23-15-20(7-8-24(23)38-39-29)21-14-22(17-33-16-21)35-28(41)13-19-5-3-2-4-6-19/h2-12,14-17H,13H2,1H3,(H,35,41)(H,36,37)(H,38,39). The van der Waals surface area contributed by atoms with Gasteiger partial charge in [0.05, 0.1) is 39.1 Å². The summed E-state index contributed by atoms with van der Waals surface area (Å²) in [6, 6.07) is 23.1. The summed E-state index contributed by atoms with van der Waals surface area (Å²) < 4.78 is 0. The van der Waals surface area contributed by atoms with E-state index in [1.807, 2.05) is 72.8 Å². The molecule has 204 valence electrons. The Balaban J connectivity index is 1.21. The van der Waals surface area contributed by atoms with Gasteiger partial charge in [-0.3, -0.25) is 24.7 Å². The number of nitrogens with zero attached hydrogens (tertiary/aromatic N) is 4. The molecule has 0 aliphatic rings. The summed E-state index contributed by atoms with van der Waals surface area (Å²) in [6.45, 7) is 1.56. The zero-order valence-electron chi connectivity index (χ0n) is 22.4. The first-order valence-electron chi connectivity index (χ1n) is 13.3. The lowest BCUT2D eigenvalue weighted by Gasteiger charge is -2.08. The number of hydrogen-bond acceptors (Lipinski definition) is 7. The van der Waals surface area contributed by atoms with Crippen molar-refractivity contribution < 1.29 is 9.59 Å². The molecule has 2 aromatic carbocycles. The van der Waals surface area contributed by atoms with Crippen molar-refractivity contribution >= 4 is 50.7 Å². The van der Waals surface area contributed by atoms with Crippen molar-refractivity contribution in [2.75, 3.05) is 5.32 Å². The van der Waals surface area contributed by atoms with Gasteiger partial charge in [-0.25, -0.2) is 4.98 Å². The highest BCUT2D eigenvalue weighted by atomic mass is 32.1. The van der Waals surface area contributed by atoms with Crippen molar-refractivity contribution in [3.8, 4) is 33.2 Å². The highest BCUT2D eigenvalue weighted by molar-refractivity contribution is 7.17. The number of fused-ring (bicyclic) bond motifs is 2. The summed E-state index contributed by atoms with van der Waals surface area (Å²) in [5.74, 6) is 0.521. The van der Waals surface area contributed by atoms with Crippen LogP contribution in [0.15, 0.2) is 91.4 Å². The molecule has 0 spiro atoms. The van der Waals surface area contributed by atoms with Gasteiger partial charge in [-0.05, 0) is 54.4 Å². The minimum atomic E-state index is -0.105. The minimum Gasteiger partial charge on any atom is -0.336 e. The number of pyridine rings is 2. The van der Waals surface area contributed by atoms with E-state index in [0.717, 1.165) is 38.0 Å². The second-order valence-electron chi connectivity index (χ2n) is 9.87. The van der Waals surface area contributed by atoms with E-state index >= 15 is 0 Å². The van der Waals surface area contributed by atoms with Crippen LogP contribution in [0, 0.1) is 0 Å². The first kappa shape index (κ1) is 25.5. The zero-order chi connectivity index (χ0) is 28.6. The number of Topliss-reactive ketones (excluding diaryl/α,β-unsaturated/α-hetero) is 1. The predicted molar refractivity (Wildman–Crippen MR) is 164 cm³/mol. The molecule has 0 aliphatic carbocycles. The molecule has 7 rings (SSSR count). The van der Waals surface area contributed by atoms with E-state index < -0.39 is 0 Å². The molecule has 1 amide bonds. The Morgan fingerprint density at radius 1 is 0.905 bits per heavy atom. The molecule has 10 heteroatoms. The summed E-state index contributed by atoms with van der Waals surface area (Å²) in [5, 5.41) is 11.5. The number of amides is 1. The van der Waals surface area contributed by atoms with Crippen molar-refractivity contribution in [3.05, 3.63) is 102 Å². The fraction of sp³-hybridized carbons (Fsp3) is 0.0625. The maximum atomic E-state index is 12.6. The lowest BCUT2D eigenvalue weighted by atomic mass is 10.0. The van der Waals surface area contributed by atoms with Crippen LogP contribution in [0.4, 0.5) is 5.69 Å². The van der Waals surface area contributed by atoms with Gasteiger partial charge in [0.2, 0.25) is 5.91 Å². The van der Waals surface area contributed by atoms with E-state index in [0.29, 0.717) is 33.3 Å². The van der Waals surface area contributed by atoms with E-state index in [4.69, 9.17) is 4.98 Å². The largest absolute Gasteiger partial charge is 0.336 e. The molecule has 5 heterocycles. The quantitative estimate of drug-likeness (QED) is 0.184. The Kier molecular flexibility index (Phi) is 6.37. The smallest absolute Gasteiger partial charge is 0.228 e. The third-order valence-corrected chi connectivity index (χ3v) is 8.13. The highest BCUT2D eigenvalue weighted by Crippen LogP contribution is 2.34. The number of anilines is 1. The number of ketones is 1. The molecule has 5 aromatic heterocycles. The molecule has 0 saturated heterocycles. The fourth-order valence-corrected chi connectivity index (χ4v) is 5.81. The number of nitrogens with one attached hydrogen (secondary N) is 3. The third-order valence-electron chi connectivity index (χ3n) is 6.94. The fourth-order valence-electron chi connectivity index (χ4n) is 4.91. The predicted octanol–water partition coefficient (Wildman–Crippen LogP) is 6.68. The molecular weight excluding hydrogens is 546 g/mol. The average molecular weight is 570 g/mol. The Morgan fingerprint density at radius 3 is 2.62 bits per heavy atom. The highest BCUT2D eigenvalue weighted by Gasteiger charge is 2.18. The summed E-state index contributed by atoms with van der Waals surface area (Å²) in [4.78, 5) is 43.2. The summed E-state index contributed by atoms with van der Waals surface area (Å²) in [7, 11) is 0. The number of carbonyl (C=O) groups is 2. The van der Waals surface area contributed by atoms with E-state index in [2.05, 4.69) is 30.5 Å². The SMILES string of the molecule is CC(=O)c1ccc(-c2nccc3[nH]c(-c4n[nH]c5ccc(-c6cncc(NC(=O)Cc7ccccc7)c6)cc45)nc23)s1. The number of thiophene rings is 1. The van der Waals surface area contributed by atoms with Gasteiger partial charge < -0.3 is 10.3 Å². The molecule has 7 aromatic rings. The van der Waals surface area contributed by atoms with E-state index in [1.165, 1.54) is 11.3 Å². The first-order valence-corrected chi connectivity index (χ1v) is 14.1. The van der Waals surface area contributed by atoms with Gasteiger partial charge >= 0.3 is 0 Å². The van der Waals surface area contributed by atoms with Crippen LogP contribution in [0.25, 0.3) is 55.2 Å². The van der Waals surface area contributed by atoms with Crippen molar-refractivity contribution in [1.82, 2.24) is 30.1 Å². The molecule has 0 saturated carbocycles. The van der Waals surface area contributed by atoms with Crippen LogP contribution >= 0.6 is 11.3 Å². The molecule has 0 aliphatic heterocycles. The molecule has 0 bridgehead atoms. The second-order valence-corrected chi connectivity index (χ2v) is 11.0. The number of aromatic nitrogens is 6. The van der Waals surface area contributed by atoms with E-state index in [-0.39, 0.29) is 18.1 Å². The number of imidazole rings is 1. The van der Waals surface area contributed by atoms with Crippen LogP contribution in [0.3, 0.4) is 0 Å². The summed E-state index contributed by atoms with van der Waals surface area (Å²) >= 11 is 1.40. The number of rotatable bonds is 7. The summed E-state index contributed by atoms with van der Waals surface area (Å²) in [6.07, 6.45) is 5.42. The molecule has 0 radical (unpaired) electrons. The number of hydrogen-bond donors (Lipinski definition) is 3. The van der Waals surface area contributed by atoms with Crippen molar-refractivity contribution in [3.63, 3.8) is 0 Å². The minimum absolute atomic E-state index is 0.0234. The monoisotopic (exact) mass is 569 g/mol. The van der Waals surface area contributed by atoms with Gasteiger partial charge in [-0.2, -0.15) is 5.10 Å². The van der Waals surface area contributed by atoms with Crippen molar-refractivity contribution in [2.24, 2.45) is 0 Å². The topological polar surface area (TPSA) is 129 Å². The molecule has 0 fully saturated rings. The number of carbonyl (C=O) groups excluding carboxylic acids is 2. The van der Waals surface area contributed by atoms with E-state index in [1.54, 1.807) is 25.5 Å². The van der Waals surface area contributed by atoms with E-state index in [9.17, 15) is 9.59 Å². The lowest BCUT2D eigenvalue weighted by Crippen LogP contribution is -2.14. The van der Waals surface area contributed by atoms with Crippen LogP contribution in [-0.4, -0.2) is 41.8 Å². The normalized spacial score (nSPS) is 11.3. The molecular formula is C32H23N7O2S. The van der Waals surface area contributed by atoms with Gasteiger partial charge in [0.1, 0.15) is 16.9 Å². The molecule has 9 nitrogen and oxygen atoms in total. The lowest BCUT2D eigenvalue weighted by molar-refractivity contribution is -0.115. The second kappa shape index (κ2) is 10.5. The first-order chi connectivity index (χ1) is 20.5.